The minimum Gasteiger partial charge on any atom is -0.316 e. The van der Waals surface area contributed by atoms with Crippen LogP contribution in [-0.4, -0.2) is 32.4 Å². The highest BCUT2D eigenvalue weighted by atomic mass is 35.5. The second-order valence-electron chi connectivity index (χ2n) is 4.87. The van der Waals surface area contributed by atoms with Gasteiger partial charge in [-0.25, -0.2) is 12.8 Å². The zero-order valence-electron chi connectivity index (χ0n) is 12.8. The van der Waals surface area contributed by atoms with Crippen LogP contribution in [0.2, 0.25) is 5.02 Å². The van der Waals surface area contributed by atoms with E-state index in [0.29, 0.717) is 25.1 Å². The number of benzene rings is 1. The SMILES string of the molecule is CCC(C)N(CC)S(=O)(=O)c1cc(F)c(Cl)c(CNC)c1. The zero-order chi connectivity index (χ0) is 16.2. The van der Waals surface area contributed by atoms with Crippen molar-refractivity contribution in [3.63, 3.8) is 0 Å². The van der Waals surface area contributed by atoms with E-state index in [2.05, 4.69) is 5.32 Å². The third-order valence-electron chi connectivity index (χ3n) is 3.45. The molecule has 0 heterocycles. The maximum atomic E-state index is 13.9. The molecule has 1 N–H and O–H groups in total. The highest BCUT2D eigenvalue weighted by molar-refractivity contribution is 7.89. The fraction of sp³-hybridized carbons (Fsp3) is 0.571. The van der Waals surface area contributed by atoms with Crippen LogP contribution in [0.1, 0.15) is 32.8 Å². The third kappa shape index (κ3) is 3.94. The van der Waals surface area contributed by atoms with Gasteiger partial charge in [-0.05, 0) is 38.1 Å². The maximum Gasteiger partial charge on any atom is 0.243 e. The highest BCUT2D eigenvalue weighted by Gasteiger charge is 2.28. The number of hydrogen-bond acceptors (Lipinski definition) is 3. The molecule has 0 saturated heterocycles. The van der Waals surface area contributed by atoms with Gasteiger partial charge in [0.05, 0.1) is 9.92 Å². The molecule has 0 aliphatic rings. The van der Waals surface area contributed by atoms with Gasteiger partial charge in [0.25, 0.3) is 0 Å². The van der Waals surface area contributed by atoms with Gasteiger partial charge in [0, 0.05) is 19.1 Å². The lowest BCUT2D eigenvalue weighted by atomic mass is 10.2. The number of hydrogen-bond donors (Lipinski definition) is 1. The van der Waals surface area contributed by atoms with Gasteiger partial charge < -0.3 is 5.32 Å². The summed E-state index contributed by atoms with van der Waals surface area (Å²) in [6.07, 6.45) is 0.687. The van der Waals surface area contributed by atoms with Crippen molar-refractivity contribution in [2.24, 2.45) is 0 Å². The fourth-order valence-corrected chi connectivity index (χ4v) is 4.10. The fourth-order valence-electron chi connectivity index (χ4n) is 2.14. The molecule has 1 aromatic rings. The van der Waals surface area contributed by atoms with E-state index in [1.54, 1.807) is 14.0 Å². The molecule has 1 rings (SSSR count). The first-order valence-corrected chi connectivity index (χ1v) is 8.75. The van der Waals surface area contributed by atoms with Gasteiger partial charge in [0.1, 0.15) is 5.82 Å². The Balaban J connectivity index is 3.37. The first kappa shape index (κ1) is 18.4. The van der Waals surface area contributed by atoms with Crippen molar-refractivity contribution in [1.29, 1.82) is 0 Å². The van der Waals surface area contributed by atoms with Crippen LogP contribution >= 0.6 is 11.6 Å². The summed E-state index contributed by atoms with van der Waals surface area (Å²) in [5, 5.41) is 2.80. The van der Waals surface area contributed by atoms with Gasteiger partial charge in [-0.1, -0.05) is 25.4 Å². The van der Waals surface area contributed by atoms with Crippen molar-refractivity contribution < 1.29 is 12.8 Å². The minimum absolute atomic E-state index is 0.0464. The van der Waals surface area contributed by atoms with E-state index in [4.69, 9.17) is 11.6 Å². The summed E-state index contributed by atoms with van der Waals surface area (Å²) in [5.41, 5.74) is 0.429. The molecule has 1 atom stereocenters. The molecule has 0 aliphatic heterocycles. The van der Waals surface area contributed by atoms with Crippen molar-refractivity contribution >= 4 is 21.6 Å². The molecule has 7 heteroatoms. The van der Waals surface area contributed by atoms with Gasteiger partial charge in [-0.15, -0.1) is 0 Å². The van der Waals surface area contributed by atoms with E-state index in [1.807, 2.05) is 13.8 Å². The van der Waals surface area contributed by atoms with Crippen LogP contribution in [-0.2, 0) is 16.6 Å². The maximum absolute atomic E-state index is 13.9. The van der Waals surface area contributed by atoms with E-state index in [1.165, 1.54) is 10.4 Å². The topological polar surface area (TPSA) is 49.4 Å². The van der Waals surface area contributed by atoms with Crippen molar-refractivity contribution in [2.75, 3.05) is 13.6 Å². The lowest BCUT2D eigenvalue weighted by Crippen LogP contribution is -2.38. The molecule has 0 amide bonds. The number of rotatable bonds is 7. The van der Waals surface area contributed by atoms with E-state index in [0.717, 1.165) is 6.07 Å². The number of nitrogens with zero attached hydrogens (tertiary/aromatic N) is 1. The average molecular weight is 337 g/mol. The highest BCUT2D eigenvalue weighted by Crippen LogP contribution is 2.27. The number of nitrogens with one attached hydrogen (secondary N) is 1. The summed E-state index contributed by atoms with van der Waals surface area (Å²) in [7, 11) is -2.05. The van der Waals surface area contributed by atoms with E-state index < -0.39 is 15.8 Å². The average Bonchev–Trinajstić information content (AvgIpc) is 2.43. The summed E-state index contributed by atoms with van der Waals surface area (Å²) in [6, 6.07) is 2.27. The second-order valence-corrected chi connectivity index (χ2v) is 7.14. The number of sulfonamides is 1. The molecule has 21 heavy (non-hydrogen) atoms. The quantitative estimate of drug-likeness (QED) is 0.832. The lowest BCUT2D eigenvalue weighted by Gasteiger charge is -2.26. The Hall–Kier alpha value is -0.690. The Bertz CT molecular complexity index is 593. The lowest BCUT2D eigenvalue weighted by molar-refractivity contribution is 0.342. The smallest absolute Gasteiger partial charge is 0.243 e. The normalized spacial score (nSPS) is 13.7. The Labute approximate surface area is 131 Å². The second kappa shape index (κ2) is 7.54. The molecule has 0 spiro atoms. The summed E-state index contributed by atoms with van der Waals surface area (Å²) >= 11 is 5.87. The van der Waals surface area contributed by atoms with Gasteiger partial charge >= 0.3 is 0 Å². The Morgan fingerprint density at radius 3 is 2.48 bits per heavy atom. The Morgan fingerprint density at radius 1 is 1.38 bits per heavy atom. The summed E-state index contributed by atoms with van der Waals surface area (Å²) < 4.78 is 40.6. The molecule has 4 nitrogen and oxygen atoms in total. The van der Waals surface area contributed by atoms with Gasteiger partial charge in [0.2, 0.25) is 10.0 Å². The molecule has 0 fully saturated rings. The molecule has 120 valence electrons. The molecule has 0 saturated carbocycles. The summed E-state index contributed by atoms with van der Waals surface area (Å²) in [4.78, 5) is -0.0585. The number of halogens is 2. The van der Waals surface area contributed by atoms with E-state index in [9.17, 15) is 12.8 Å². The van der Waals surface area contributed by atoms with Crippen LogP contribution in [0, 0.1) is 5.82 Å². The molecule has 1 aromatic carbocycles. The molecule has 0 aliphatic carbocycles. The van der Waals surface area contributed by atoms with E-state index >= 15 is 0 Å². The molecule has 0 bridgehead atoms. The predicted molar refractivity (Wildman–Crippen MR) is 83.5 cm³/mol. The molecule has 0 aromatic heterocycles. The summed E-state index contributed by atoms with van der Waals surface area (Å²) in [5.74, 6) is -0.719. The summed E-state index contributed by atoms with van der Waals surface area (Å²) in [6.45, 7) is 6.15. The third-order valence-corrected chi connectivity index (χ3v) is 5.94. The van der Waals surface area contributed by atoms with Crippen molar-refractivity contribution in [1.82, 2.24) is 9.62 Å². The largest absolute Gasteiger partial charge is 0.316 e. The molecular formula is C14H22ClFN2O2S. The van der Waals surface area contributed by atoms with Crippen LogP contribution in [0.5, 0.6) is 0 Å². The predicted octanol–water partition coefficient (Wildman–Crippen LogP) is 3.01. The monoisotopic (exact) mass is 336 g/mol. The molecule has 1 unspecified atom stereocenters. The van der Waals surface area contributed by atoms with Crippen LogP contribution < -0.4 is 5.32 Å². The van der Waals surface area contributed by atoms with Crippen molar-refractivity contribution in [3.05, 3.63) is 28.5 Å². The van der Waals surface area contributed by atoms with Gasteiger partial charge in [-0.3, -0.25) is 0 Å². The van der Waals surface area contributed by atoms with Crippen LogP contribution in [0.3, 0.4) is 0 Å². The molecular weight excluding hydrogens is 315 g/mol. The van der Waals surface area contributed by atoms with E-state index in [-0.39, 0.29) is 16.0 Å². The Morgan fingerprint density at radius 2 is 2.00 bits per heavy atom. The Kier molecular flexibility index (Phi) is 6.59. The van der Waals surface area contributed by atoms with Crippen LogP contribution in [0.15, 0.2) is 17.0 Å². The zero-order valence-corrected chi connectivity index (χ0v) is 14.4. The van der Waals surface area contributed by atoms with Crippen LogP contribution in [0.25, 0.3) is 0 Å². The molecule has 0 radical (unpaired) electrons. The van der Waals surface area contributed by atoms with Gasteiger partial charge in [0.15, 0.2) is 0 Å². The first-order valence-electron chi connectivity index (χ1n) is 6.93. The van der Waals surface area contributed by atoms with Crippen molar-refractivity contribution in [3.8, 4) is 0 Å². The standard InChI is InChI=1S/C14H22ClFN2O2S/c1-5-10(3)18(6-2)21(19,20)12-7-11(9-17-4)14(15)13(16)8-12/h7-8,10,17H,5-6,9H2,1-4H3. The first-order chi connectivity index (χ1) is 9.79. The van der Waals surface area contributed by atoms with Crippen molar-refractivity contribution in [2.45, 2.75) is 44.7 Å². The van der Waals surface area contributed by atoms with Gasteiger partial charge in [-0.2, -0.15) is 4.31 Å². The van der Waals surface area contributed by atoms with Crippen LogP contribution in [0.4, 0.5) is 4.39 Å². The minimum atomic E-state index is -3.74.